The lowest BCUT2D eigenvalue weighted by Crippen LogP contribution is -2.50. The molecule has 3 aromatic rings. The average Bonchev–Trinajstić information content (AvgIpc) is 3.50. The predicted octanol–water partition coefficient (Wildman–Crippen LogP) is 4.61. The number of methoxy groups -OCH3 is 1. The first-order chi connectivity index (χ1) is 21.5. The van der Waals surface area contributed by atoms with Gasteiger partial charge in [0, 0.05) is 51.1 Å². The second kappa shape index (κ2) is 15.9. The van der Waals surface area contributed by atoms with Gasteiger partial charge in [0.15, 0.2) is 5.13 Å². The van der Waals surface area contributed by atoms with E-state index in [1.165, 1.54) is 22.5 Å². The second-order valence-corrected chi connectivity index (χ2v) is 12.5. The Morgan fingerprint density at radius 2 is 1.59 bits per heavy atom. The predicted molar refractivity (Wildman–Crippen MR) is 172 cm³/mol. The summed E-state index contributed by atoms with van der Waals surface area (Å²) < 4.78 is 5.18. The molecule has 2 fully saturated rings. The van der Waals surface area contributed by atoms with Crippen LogP contribution in [0.5, 0.6) is 0 Å². The summed E-state index contributed by atoms with van der Waals surface area (Å²) in [5.74, 6) is -0.246. The monoisotopic (exact) mass is 617 g/mol. The zero-order valence-electron chi connectivity index (χ0n) is 25.5. The summed E-state index contributed by atoms with van der Waals surface area (Å²) in [5.41, 5.74) is 3.13. The molecule has 9 nitrogen and oxygen atoms in total. The molecule has 10 heteroatoms. The third kappa shape index (κ3) is 8.52. The molecule has 1 saturated heterocycles. The van der Waals surface area contributed by atoms with Crippen molar-refractivity contribution in [3.8, 4) is 0 Å². The Kier molecular flexibility index (Phi) is 11.5. The molecule has 1 aliphatic heterocycles. The molecule has 1 aromatic heterocycles. The molecule has 0 spiro atoms. The number of rotatable bonds is 12. The number of hydrogen-bond donors (Lipinski definition) is 1. The van der Waals surface area contributed by atoms with Gasteiger partial charge in [-0.1, -0.05) is 79.9 Å². The van der Waals surface area contributed by atoms with Crippen LogP contribution in [0.25, 0.3) is 0 Å². The second-order valence-electron chi connectivity index (χ2n) is 11.6. The number of ether oxygens (including phenoxy) is 1. The van der Waals surface area contributed by atoms with E-state index in [1.54, 1.807) is 12.0 Å². The SMILES string of the molecule is COCCN(CC(=O)Nc1nc(CC(=O)N2CCN(C(c3ccccc3)c3ccccc3)CC2)cs1)C(=O)C1CCCCC1. The Bertz CT molecular complexity index is 1310. The topological polar surface area (TPSA) is 95.1 Å². The minimum atomic E-state index is -0.292. The lowest BCUT2D eigenvalue weighted by molar-refractivity contribution is -0.140. The molecule has 0 atom stereocenters. The third-order valence-electron chi connectivity index (χ3n) is 8.56. The molecule has 2 aromatic carbocycles. The van der Waals surface area contributed by atoms with Crippen LogP contribution < -0.4 is 5.32 Å². The highest BCUT2D eigenvalue weighted by Gasteiger charge is 2.29. The summed E-state index contributed by atoms with van der Waals surface area (Å²) in [4.78, 5) is 49.7. The van der Waals surface area contributed by atoms with E-state index in [-0.39, 0.29) is 42.6 Å². The molecule has 2 heterocycles. The highest BCUT2D eigenvalue weighted by molar-refractivity contribution is 7.13. The van der Waals surface area contributed by atoms with Crippen molar-refractivity contribution in [2.24, 2.45) is 5.92 Å². The number of nitrogens with one attached hydrogen (secondary N) is 1. The smallest absolute Gasteiger partial charge is 0.245 e. The summed E-state index contributed by atoms with van der Waals surface area (Å²) in [6, 6.07) is 21.2. The Morgan fingerprint density at radius 1 is 0.955 bits per heavy atom. The quantitative estimate of drug-likeness (QED) is 0.319. The van der Waals surface area contributed by atoms with E-state index >= 15 is 0 Å². The van der Waals surface area contributed by atoms with E-state index in [4.69, 9.17) is 4.74 Å². The average molecular weight is 618 g/mol. The molecule has 0 radical (unpaired) electrons. The van der Waals surface area contributed by atoms with Gasteiger partial charge in [0.05, 0.1) is 24.8 Å². The van der Waals surface area contributed by atoms with Gasteiger partial charge in [0.25, 0.3) is 0 Å². The first-order valence-electron chi connectivity index (χ1n) is 15.7. The number of anilines is 1. The van der Waals surface area contributed by atoms with Crippen LogP contribution in [-0.2, 0) is 25.5 Å². The number of nitrogens with zero attached hydrogens (tertiary/aromatic N) is 4. The normalized spacial score (nSPS) is 16.2. The van der Waals surface area contributed by atoms with Crippen molar-refractivity contribution < 1.29 is 19.1 Å². The van der Waals surface area contributed by atoms with E-state index in [9.17, 15) is 14.4 Å². The Morgan fingerprint density at radius 3 is 2.20 bits per heavy atom. The summed E-state index contributed by atoms with van der Waals surface area (Å²) in [6.45, 7) is 3.56. The largest absolute Gasteiger partial charge is 0.383 e. The minimum Gasteiger partial charge on any atom is -0.383 e. The number of aromatic nitrogens is 1. The van der Waals surface area contributed by atoms with E-state index in [0.717, 1.165) is 45.2 Å². The fourth-order valence-corrected chi connectivity index (χ4v) is 6.96. The number of carbonyl (C=O) groups is 3. The van der Waals surface area contributed by atoms with Gasteiger partial charge in [0.1, 0.15) is 6.54 Å². The third-order valence-corrected chi connectivity index (χ3v) is 9.37. The fourth-order valence-electron chi connectivity index (χ4n) is 6.24. The highest BCUT2D eigenvalue weighted by atomic mass is 32.1. The molecule has 1 N–H and O–H groups in total. The van der Waals surface area contributed by atoms with Gasteiger partial charge < -0.3 is 19.9 Å². The lowest BCUT2D eigenvalue weighted by Gasteiger charge is -2.39. The van der Waals surface area contributed by atoms with Crippen LogP contribution >= 0.6 is 11.3 Å². The van der Waals surface area contributed by atoms with E-state index in [1.807, 2.05) is 22.4 Å². The molecule has 1 aliphatic carbocycles. The van der Waals surface area contributed by atoms with Gasteiger partial charge in [-0.05, 0) is 24.0 Å². The molecule has 3 amide bonds. The maximum Gasteiger partial charge on any atom is 0.245 e. The zero-order valence-corrected chi connectivity index (χ0v) is 26.3. The molecule has 234 valence electrons. The summed E-state index contributed by atoms with van der Waals surface area (Å²) >= 11 is 1.30. The lowest BCUT2D eigenvalue weighted by atomic mass is 9.88. The van der Waals surface area contributed by atoms with Crippen molar-refractivity contribution in [1.82, 2.24) is 19.7 Å². The summed E-state index contributed by atoms with van der Waals surface area (Å²) in [7, 11) is 1.59. The van der Waals surface area contributed by atoms with Crippen molar-refractivity contribution in [2.75, 3.05) is 58.3 Å². The number of carbonyl (C=O) groups excluding carboxylic acids is 3. The van der Waals surface area contributed by atoms with Gasteiger partial charge in [-0.2, -0.15) is 0 Å². The van der Waals surface area contributed by atoms with Crippen LogP contribution in [0, 0.1) is 5.92 Å². The van der Waals surface area contributed by atoms with E-state index in [0.29, 0.717) is 37.1 Å². The molecule has 0 unspecified atom stereocenters. The molecule has 44 heavy (non-hydrogen) atoms. The summed E-state index contributed by atoms with van der Waals surface area (Å²) in [5, 5.41) is 5.09. The molecule has 0 bridgehead atoms. The van der Waals surface area contributed by atoms with Gasteiger partial charge >= 0.3 is 0 Å². The van der Waals surface area contributed by atoms with Crippen LogP contribution in [0.3, 0.4) is 0 Å². The number of piperazine rings is 1. The number of benzene rings is 2. The Hall–Kier alpha value is -3.60. The summed E-state index contributed by atoms with van der Waals surface area (Å²) in [6.07, 6.45) is 5.22. The highest BCUT2D eigenvalue weighted by Crippen LogP contribution is 2.30. The molecular weight excluding hydrogens is 574 g/mol. The van der Waals surface area contributed by atoms with E-state index < -0.39 is 0 Å². The minimum absolute atomic E-state index is 0.0182. The maximum atomic E-state index is 13.2. The van der Waals surface area contributed by atoms with Crippen molar-refractivity contribution >= 4 is 34.2 Å². The molecular formula is C34H43N5O4S. The van der Waals surface area contributed by atoms with Crippen LogP contribution in [-0.4, -0.2) is 90.4 Å². The van der Waals surface area contributed by atoms with Crippen LogP contribution in [0.4, 0.5) is 5.13 Å². The molecule has 2 aliphatic rings. The van der Waals surface area contributed by atoms with Crippen molar-refractivity contribution in [2.45, 2.75) is 44.6 Å². The fraction of sp³-hybridized carbons (Fsp3) is 0.471. The van der Waals surface area contributed by atoms with Crippen molar-refractivity contribution in [3.63, 3.8) is 0 Å². The molecule has 1 saturated carbocycles. The first-order valence-corrected chi connectivity index (χ1v) is 16.5. The van der Waals surface area contributed by atoms with Gasteiger partial charge in [-0.3, -0.25) is 19.3 Å². The Balaban J connectivity index is 1.12. The molecule has 5 rings (SSSR count). The Labute approximate surface area is 264 Å². The number of thiazole rings is 1. The van der Waals surface area contributed by atoms with Crippen molar-refractivity contribution in [1.29, 1.82) is 0 Å². The van der Waals surface area contributed by atoms with Gasteiger partial charge in [-0.25, -0.2) is 4.98 Å². The standard InChI is InChI=1S/C34H43N5O4S/c1-43-22-21-39(33(42)28-15-9-4-10-16-28)24-30(40)36-34-35-29(25-44-34)23-31(41)37-17-19-38(20-18-37)32(26-11-5-2-6-12-26)27-13-7-3-8-14-27/h2-3,5-8,11-14,25,28,32H,4,9-10,15-24H2,1H3,(H,35,36,40). The maximum absolute atomic E-state index is 13.2. The van der Waals surface area contributed by atoms with Crippen LogP contribution in [0.1, 0.15) is 55.0 Å². The first kappa shape index (κ1) is 31.8. The van der Waals surface area contributed by atoms with Crippen molar-refractivity contribution in [3.05, 3.63) is 82.9 Å². The van der Waals surface area contributed by atoms with Gasteiger partial charge in [0.2, 0.25) is 17.7 Å². The van der Waals surface area contributed by atoms with Gasteiger partial charge in [-0.15, -0.1) is 11.3 Å². The number of amides is 3. The zero-order chi connectivity index (χ0) is 30.7. The van der Waals surface area contributed by atoms with Crippen LogP contribution in [0.2, 0.25) is 0 Å². The van der Waals surface area contributed by atoms with E-state index in [2.05, 4.69) is 63.7 Å². The number of hydrogen-bond acceptors (Lipinski definition) is 7. The van der Waals surface area contributed by atoms with Crippen LogP contribution in [0.15, 0.2) is 66.0 Å².